The first kappa shape index (κ1) is 12.9. The van der Waals surface area contributed by atoms with Gasteiger partial charge < -0.3 is 10.2 Å². The van der Waals surface area contributed by atoms with Crippen LogP contribution in [0.4, 0.5) is 4.79 Å². The van der Waals surface area contributed by atoms with Gasteiger partial charge in [-0.15, -0.1) is 11.3 Å². The molecule has 2 heterocycles. The molecule has 1 N–H and O–H groups in total. The molecule has 2 amide bonds. The summed E-state index contributed by atoms with van der Waals surface area (Å²) in [7, 11) is 0. The highest BCUT2D eigenvalue weighted by atomic mass is 79.9. The average molecular weight is 317 g/mol. The number of urea groups is 1. The topological polar surface area (TPSA) is 32.3 Å². The van der Waals surface area contributed by atoms with Crippen LogP contribution in [0.25, 0.3) is 0 Å². The molecule has 0 spiro atoms. The van der Waals surface area contributed by atoms with E-state index in [2.05, 4.69) is 27.3 Å². The number of nitrogens with zero attached hydrogens (tertiary/aromatic N) is 1. The molecule has 1 aromatic rings. The minimum absolute atomic E-state index is 0.0975. The molecule has 1 fully saturated rings. The Bertz CT molecular complexity index is 374. The highest BCUT2D eigenvalue weighted by Gasteiger charge is 2.15. The fraction of sp³-hybridized carbons (Fsp3) is 0.583. The number of thiophene rings is 1. The molecular formula is C12H17BrN2OS. The quantitative estimate of drug-likeness (QED) is 0.912. The third-order valence-electron chi connectivity index (χ3n) is 2.92. The zero-order valence-electron chi connectivity index (χ0n) is 9.75. The van der Waals surface area contributed by atoms with Crippen LogP contribution in [0.1, 0.15) is 24.1 Å². The number of carbonyl (C=O) groups is 1. The van der Waals surface area contributed by atoms with E-state index in [1.807, 2.05) is 11.0 Å². The van der Waals surface area contributed by atoms with Crippen LogP contribution in [0, 0.1) is 0 Å². The molecule has 0 saturated carbocycles. The number of halogens is 1. The molecule has 17 heavy (non-hydrogen) atoms. The molecule has 1 aliphatic rings. The molecule has 0 radical (unpaired) electrons. The summed E-state index contributed by atoms with van der Waals surface area (Å²) in [5.74, 6) is 0. The number of hydrogen-bond donors (Lipinski definition) is 1. The lowest BCUT2D eigenvalue weighted by atomic mass is 10.1. The number of rotatable bonds is 3. The normalized spacial score (nSPS) is 15.9. The zero-order valence-corrected chi connectivity index (χ0v) is 12.1. The van der Waals surface area contributed by atoms with Crippen LogP contribution >= 0.6 is 27.3 Å². The largest absolute Gasteiger partial charge is 0.338 e. The first-order chi connectivity index (χ1) is 8.25. The maximum Gasteiger partial charge on any atom is 0.317 e. The molecule has 0 aliphatic carbocycles. The monoisotopic (exact) mass is 316 g/mol. The predicted octanol–water partition coefficient (Wildman–Crippen LogP) is 3.25. The standard InChI is InChI=1S/C12H17BrN2OS/c13-11-5-4-10(17-11)6-7-14-12(16)15-8-2-1-3-9-15/h4-5H,1-3,6-9H2,(H,14,16). The maximum atomic E-state index is 11.8. The Morgan fingerprint density at radius 2 is 2.12 bits per heavy atom. The van der Waals surface area contributed by atoms with Crippen molar-refractivity contribution in [2.45, 2.75) is 25.7 Å². The van der Waals surface area contributed by atoms with E-state index in [0.717, 1.165) is 42.7 Å². The molecule has 0 unspecified atom stereocenters. The van der Waals surface area contributed by atoms with Gasteiger partial charge in [0.05, 0.1) is 3.79 Å². The summed E-state index contributed by atoms with van der Waals surface area (Å²) in [6.45, 7) is 2.55. The molecule has 94 valence electrons. The Balaban J connectivity index is 1.69. The minimum atomic E-state index is 0.0975. The Morgan fingerprint density at radius 3 is 2.76 bits per heavy atom. The maximum absolute atomic E-state index is 11.8. The molecule has 3 nitrogen and oxygen atoms in total. The number of carbonyl (C=O) groups excluding carboxylic acids is 1. The van der Waals surface area contributed by atoms with Gasteiger partial charge >= 0.3 is 6.03 Å². The van der Waals surface area contributed by atoms with E-state index in [1.54, 1.807) is 11.3 Å². The van der Waals surface area contributed by atoms with Gasteiger partial charge in [-0.25, -0.2) is 4.79 Å². The van der Waals surface area contributed by atoms with Crippen molar-refractivity contribution in [1.82, 2.24) is 10.2 Å². The first-order valence-corrected chi connectivity index (χ1v) is 7.63. The van der Waals surface area contributed by atoms with Gasteiger partial charge in [-0.1, -0.05) is 0 Å². The van der Waals surface area contributed by atoms with Gasteiger partial charge in [-0.3, -0.25) is 0 Å². The molecule has 0 bridgehead atoms. The molecule has 1 saturated heterocycles. The van der Waals surface area contributed by atoms with Crippen molar-refractivity contribution >= 4 is 33.3 Å². The van der Waals surface area contributed by atoms with Crippen molar-refractivity contribution in [2.24, 2.45) is 0 Å². The van der Waals surface area contributed by atoms with Crippen molar-refractivity contribution in [3.8, 4) is 0 Å². The van der Waals surface area contributed by atoms with Crippen molar-refractivity contribution in [2.75, 3.05) is 19.6 Å². The van der Waals surface area contributed by atoms with Gasteiger partial charge in [-0.2, -0.15) is 0 Å². The SMILES string of the molecule is O=C(NCCc1ccc(Br)s1)N1CCCCC1. The van der Waals surface area contributed by atoms with Crippen molar-refractivity contribution in [1.29, 1.82) is 0 Å². The third-order valence-corrected chi connectivity index (χ3v) is 4.60. The van der Waals surface area contributed by atoms with Crippen LogP contribution in [0.3, 0.4) is 0 Å². The minimum Gasteiger partial charge on any atom is -0.338 e. The van der Waals surface area contributed by atoms with E-state index in [1.165, 1.54) is 11.3 Å². The van der Waals surface area contributed by atoms with Crippen LogP contribution in [0.15, 0.2) is 15.9 Å². The molecule has 1 aliphatic heterocycles. The predicted molar refractivity (Wildman–Crippen MR) is 74.5 cm³/mol. The summed E-state index contributed by atoms with van der Waals surface area (Å²) in [5, 5.41) is 2.99. The highest BCUT2D eigenvalue weighted by molar-refractivity contribution is 9.11. The summed E-state index contributed by atoms with van der Waals surface area (Å²) >= 11 is 5.17. The number of nitrogens with one attached hydrogen (secondary N) is 1. The lowest BCUT2D eigenvalue weighted by molar-refractivity contribution is 0.186. The Kier molecular flexibility index (Phi) is 4.86. The fourth-order valence-corrected chi connectivity index (χ4v) is 3.47. The zero-order chi connectivity index (χ0) is 12.1. The number of piperidine rings is 1. The number of likely N-dealkylation sites (tertiary alicyclic amines) is 1. The summed E-state index contributed by atoms with van der Waals surface area (Å²) in [4.78, 5) is 15.0. The van der Waals surface area contributed by atoms with Crippen molar-refractivity contribution in [3.63, 3.8) is 0 Å². The van der Waals surface area contributed by atoms with Crippen LogP contribution in [0.2, 0.25) is 0 Å². The molecule has 0 aromatic carbocycles. The Hall–Kier alpha value is -0.550. The second-order valence-corrected chi connectivity index (χ2v) is 6.78. The van der Waals surface area contributed by atoms with E-state index in [4.69, 9.17) is 0 Å². The van der Waals surface area contributed by atoms with Crippen molar-refractivity contribution in [3.05, 3.63) is 20.8 Å². The van der Waals surface area contributed by atoms with Gasteiger partial charge in [0.15, 0.2) is 0 Å². The Morgan fingerprint density at radius 1 is 1.35 bits per heavy atom. The summed E-state index contributed by atoms with van der Waals surface area (Å²) in [5.41, 5.74) is 0. The van der Waals surface area contributed by atoms with E-state index in [0.29, 0.717) is 0 Å². The van der Waals surface area contributed by atoms with Gasteiger partial charge in [0.25, 0.3) is 0 Å². The van der Waals surface area contributed by atoms with Gasteiger partial charge in [0, 0.05) is 24.5 Å². The molecule has 2 rings (SSSR count). The Labute approximate surface area is 114 Å². The highest BCUT2D eigenvalue weighted by Crippen LogP contribution is 2.22. The van der Waals surface area contributed by atoms with Crippen molar-refractivity contribution < 1.29 is 4.79 Å². The third kappa shape index (κ3) is 4.00. The number of amides is 2. The fourth-order valence-electron chi connectivity index (χ4n) is 1.99. The smallest absolute Gasteiger partial charge is 0.317 e. The van der Waals surface area contributed by atoms with Gasteiger partial charge in [0.1, 0.15) is 0 Å². The van der Waals surface area contributed by atoms with Crippen LogP contribution in [0.5, 0.6) is 0 Å². The summed E-state index contributed by atoms with van der Waals surface area (Å²) < 4.78 is 1.15. The molecule has 1 aromatic heterocycles. The average Bonchev–Trinajstić information content (AvgIpc) is 2.76. The number of hydrogen-bond acceptors (Lipinski definition) is 2. The summed E-state index contributed by atoms with van der Waals surface area (Å²) in [6, 6.07) is 4.24. The van der Waals surface area contributed by atoms with Gasteiger partial charge in [0.2, 0.25) is 0 Å². The van der Waals surface area contributed by atoms with E-state index in [9.17, 15) is 4.79 Å². The van der Waals surface area contributed by atoms with Crippen LogP contribution in [-0.4, -0.2) is 30.6 Å². The van der Waals surface area contributed by atoms with Gasteiger partial charge in [-0.05, 0) is 53.7 Å². The second-order valence-electron chi connectivity index (χ2n) is 4.24. The van der Waals surface area contributed by atoms with Crippen LogP contribution < -0.4 is 5.32 Å². The lowest BCUT2D eigenvalue weighted by Gasteiger charge is -2.26. The molecule has 0 atom stereocenters. The second kappa shape index (κ2) is 6.40. The van der Waals surface area contributed by atoms with Crippen LogP contribution in [-0.2, 0) is 6.42 Å². The van der Waals surface area contributed by atoms with E-state index < -0.39 is 0 Å². The molecule has 5 heteroatoms. The lowest BCUT2D eigenvalue weighted by Crippen LogP contribution is -2.43. The van der Waals surface area contributed by atoms with E-state index in [-0.39, 0.29) is 6.03 Å². The summed E-state index contributed by atoms with van der Waals surface area (Å²) in [6.07, 6.45) is 4.46. The molecular weight excluding hydrogens is 300 g/mol. The van der Waals surface area contributed by atoms with E-state index >= 15 is 0 Å². The first-order valence-electron chi connectivity index (χ1n) is 6.03.